The van der Waals surface area contributed by atoms with E-state index in [0.717, 1.165) is 4.90 Å². The van der Waals surface area contributed by atoms with Gasteiger partial charge in [0.2, 0.25) is 5.82 Å². The topological polar surface area (TPSA) is 65.2 Å². The number of carbonyl (C=O) groups excluding carboxylic acids is 1. The lowest BCUT2D eigenvalue weighted by Crippen LogP contribution is -2.06. The number of hydrogen-bond acceptors (Lipinski definition) is 6. The van der Waals surface area contributed by atoms with Gasteiger partial charge in [0.05, 0.1) is 5.56 Å². The van der Waals surface area contributed by atoms with Gasteiger partial charge in [0.1, 0.15) is 5.82 Å². The average molecular weight is 344 g/mol. The van der Waals surface area contributed by atoms with E-state index in [1.807, 2.05) is 18.4 Å². The first kappa shape index (κ1) is 16.2. The Kier molecular flexibility index (Phi) is 4.90. The number of rotatable bonds is 5. The van der Waals surface area contributed by atoms with Crippen molar-refractivity contribution in [2.45, 2.75) is 11.5 Å². The van der Waals surface area contributed by atoms with Crippen molar-refractivity contribution >= 4 is 17.7 Å². The quantitative estimate of drug-likeness (QED) is 0.516. The van der Waals surface area contributed by atoms with Gasteiger partial charge in [-0.3, -0.25) is 0 Å². The third kappa shape index (κ3) is 3.62. The van der Waals surface area contributed by atoms with Gasteiger partial charge in [-0.15, -0.1) is 11.8 Å². The molecule has 5 nitrogen and oxygen atoms in total. The lowest BCUT2D eigenvalue weighted by molar-refractivity contribution is 0.0425. The van der Waals surface area contributed by atoms with Crippen LogP contribution >= 0.6 is 11.8 Å². The molecule has 0 saturated carbocycles. The number of esters is 1. The maximum absolute atomic E-state index is 12.9. The van der Waals surface area contributed by atoms with Crippen molar-refractivity contribution < 1.29 is 18.4 Å². The van der Waals surface area contributed by atoms with E-state index >= 15 is 0 Å². The molecule has 0 aliphatic carbocycles. The van der Waals surface area contributed by atoms with Crippen LogP contribution in [-0.2, 0) is 11.3 Å². The Morgan fingerprint density at radius 2 is 1.96 bits per heavy atom. The predicted octanol–water partition coefficient (Wildman–Crippen LogP) is 3.95. The molecule has 2 aromatic carbocycles. The molecule has 0 radical (unpaired) electrons. The fourth-order valence-electron chi connectivity index (χ4n) is 2.05. The number of benzene rings is 2. The minimum atomic E-state index is -0.457. The van der Waals surface area contributed by atoms with Gasteiger partial charge in [-0.1, -0.05) is 17.3 Å². The van der Waals surface area contributed by atoms with Crippen molar-refractivity contribution in [3.63, 3.8) is 0 Å². The largest absolute Gasteiger partial charge is 0.452 e. The maximum Gasteiger partial charge on any atom is 0.339 e. The highest BCUT2D eigenvalue weighted by Crippen LogP contribution is 2.21. The Labute approximate surface area is 141 Å². The summed E-state index contributed by atoms with van der Waals surface area (Å²) in [4.78, 5) is 17.1. The van der Waals surface area contributed by atoms with Gasteiger partial charge < -0.3 is 9.26 Å². The van der Waals surface area contributed by atoms with Gasteiger partial charge in [0.25, 0.3) is 5.89 Å². The molecule has 122 valence electrons. The van der Waals surface area contributed by atoms with E-state index in [1.54, 1.807) is 24.3 Å². The second kappa shape index (κ2) is 7.27. The smallest absolute Gasteiger partial charge is 0.339 e. The molecule has 0 aliphatic rings. The first-order valence-corrected chi connectivity index (χ1v) is 8.28. The van der Waals surface area contributed by atoms with Crippen LogP contribution in [0.2, 0.25) is 0 Å². The molecule has 7 heteroatoms. The summed E-state index contributed by atoms with van der Waals surface area (Å²) in [6.45, 7) is -0.129. The molecule has 0 bridgehead atoms. The molecule has 1 aromatic heterocycles. The van der Waals surface area contributed by atoms with E-state index in [9.17, 15) is 9.18 Å². The summed E-state index contributed by atoms with van der Waals surface area (Å²) in [5.74, 6) is -0.319. The van der Waals surface area contributed by atoms with E-state index < -0.39 is 5.97 Å². The molecule has 1 heterocycles. The fourth-order valence-corrected chi connectivity index (χ4v) is 2.63. The van der Waals surface area contributed by atoms with Gasteiger partial charge in [-0.25, -0.2) is 9.18 Å². The number of thioether (sulfide) groups is 1. The highest BCUT2D eigenvalue weighted by Gasteiger charge is 2.15. The summed E-state index contributed by atoms with van der Waals surface area (Å²) >= 11 is 1.47. The minimum Gasteiger partial charge on any atom is -0.452 e. The number of hydrogen-bond donors (Lipinski definition) is 0. The zero-order valence-electron chi connectivity index (χ0n) is 12.7. The van der Waals surface area contributed by atoms with Gasteiger partial charge in [0, 0.05) is 10.5 Å². The summed E-state index contributed by atoms with van der Waals surface area (Å²) in [5, 5.41) is 3.80. The highest BCUT2D eigenvalue weighted by molar-refractivity contribution is 7.98. The number of nitrogens with zero attached hydrogens (tertiary/aromatic N) is 2. The Morgan fingerprint density at radius 1 is 1.21 bits per heavy atom. The van der Waals surface area contributed by atoms with Crippen molar-refractivity contribution in [3.8, 4) is 11.4 Å². The molecule has 0 atom stereocenters. The van der Waals surface area contributed by atoms with Crippen LogP contribution in [0.1, 0.15) is 16.2 Å². The molecular formula is C17H13FN2O3S. The highest BCUT2D eigenvalue weighted by atomic mass is 32.2. The molecule has 0 amide bonds. The predicted molar refractivity (Wildman–Crippen MR) is 87.0 cm³/mol. The second-order valence-electron chi connectivity index (χ2n) is 4.80. The van der Waals surface area contributed by atoms with Crippen LogP contribution in [0.4, 0.5) is 4.39 Å². The summed E-state index contributed by atoms with van der Waals surface area (Å²) in [7, 11) is 0. The van der Waals surface area contributed by atoms with Crippen LogP contribution in [0.25, 0.3) is 11.4 Å². The van der Waals surface area contributed by atoms with Crippen molar-refractivity contribution in [2.75, 3.05) is 6.26 Å². The third-order valence-electron chi connectivity index (χ3n) is 3.22. The van der Waals surface area contributed by atoms with E-state index in [2.05, 4.69) is 10.1 Å². The zero-order valence-corrected chi connectivity index (χ0v) is 13.5. The van der Waals surface area contributed by atoms with Crippen molar-refractivity contribution in [2.24, 2.45) is 0 Å². The number of ether oxygens (including phenoxy) is 1. The second-order valence-corrected chi connectivity index (χ2v) is 5.64. The van der Waals surface area contributed by atoms with Crippen LogP contribution in [0.5, 0.6) is 0 Å². The SMILES string of the molecule is CSc1ccccc1C(=O)OCc1nc(-c2ccc(F)cc2)no1. The van der Waals surface area contributed by atoms with Crippen LogP contribution in [0, 0.1) is 5.82 Å². The first-order valence-electron chi connectivity index (χ1n) is 7.06. The molecular weight excluding hydrogens is 331 g/mol. The lowest BCUT2D eigenvalue weighted by Gasteiger charge is -2.05. The molecule has 0 spiro atoms. The number of halogens is 1. The fraction of sp³-hybridized carbons (Fsp3) is 0.118. The summed E-state index contributed by atoms with van der Waals surface area (Å²) in [6, 6.07) is 12.9. The Morgan fingerprint density at radius 3 is 2.71 bits per heavy atom. The standard InChI is InChI=1S/C17H13FN2O3S/c1-24-14-5-3-2-4-13(14)17(21)22-10-15-19-16(20-23-15)11-6-8-12(18)9-7-11/h2-9H,10H2,1H3. The normalized spacial score (nSPS) is 10.6. The Hall–Kier alpha value is -2.67. The zero-order chi connectivity index (χ0) is 16.9. The first-order chi connectivity index (χ1) is 11.7. The van der Waals surface area contributed by atoms with Crippen LogP contribution in [0.3, 0.4) is 0 Å². The molecule has 0 unspecified atom stereocenters. The summed E-state index contributed by atoms with van der Waals surface area (Å²) in [5.41, 5.74) is 1.11. The van der Waals surface area contributed by atoms with Gasteiger partial charge in [-0.2, -0.15) is 4.98 Å². The van der Waals surface area contributed by atoms with Crippen LogP contribution in [-0.4, -0.2) is 22.4 Å². The third-order valence-corrected chi connectivity index (χ3v) is 4.02. The van der Waals surface area contributed by atoms with E-state index in [-0.39, 0.29) is 18.3 Å². The van der Waals surface area contributed by atoms with Crippen LogP contribution < -0.4 is 0 Å². The molecule has 0 aliphatic heterocycles. The molecule has 3 rings (SSSR count). The van der Waals surface area contributed by atoms with Crippen LogP contribution in [0.15, 0.2) is 57.9 Å². The van der Waals surface area contributed by atoms with Crippen molar-refractivity contribution in [1.82, 2.24) is 10.1 Å². The Balaban J connectivity index is 1.67. The lowest BCUT2D eigenvalue weighted by atomic mass is 10.2. The number of carbonyl (C=O) groups is 1. The molecule has 24 heavy (non-hydrogen) atoms. The molecule has 3 aromatic rings. The molecule has 0 fully saturated rings. The van der Waals surface area contributed by atoms with E-state index in [1.165, 1.54) is 23.9 Å². The van der Waals surface area contributed by atoms with E-state index in [4.69, 9.17) is 9.26 Å². The monoisotopic (exact) mass is 344 g/mol. The summed E-state index contributed by atoms with van der Waals surface area (Å²) < 4.78 is 23.2. The van der Waals surface area contributed by atoms with Gasteiger partial charge in [0.15, 0.2) is 6.61 Å². The maximum atomic E-state index is 12.9. The van der Waals surface area contributed by atoms with Crippen molar-refractivity contribution in [1.29, 1.82) is 0 Å². The van der Waals surface area contributed by atoms with Crippen molar-refractivity contribution in [3.05, 3.63) is 65.8 Å². The van der Waals surface area contributed by atoms with Gasteiger partial charge in [-0.05, 0) is 42.7 Å². The average Bonchev–Trinajstić information content (AvgIpc) is 3.09. The van der Waals surface area contributed by atoms with E-state index in [0.29, 0.717) is 17.0 Å². The molecule has 0 saturated heterocycles. The minimum absolute atomic E-state index is 0.129. The summed E-state index contributed by atoms with van der Waals surface area (Å²) in [6.07, 6.45) is 1.89. The number of aromatic nitrogens is 2. The van der Waals surface area contributed by atoms with Gasteiger partial charge >= 0.3 is 5.97 Å². The molecule has 0 N–H and O–H groups in total. The Bertz CT molecular complexity index is 849.